The van der Waals surface area contributed by atoms with Gasteiger partial charge in [-0.3, -0.25) is 14.4 Å². The highest BCUT2D eigenvalue weighted by Crippen LogP contribution is 2.41. The minimum absolute atomic E-state index is 0.101. The van der Waals surface area contributed by atoms with Crippen molar-refractivity contribution in [2.45, 2.75) is 81.9 Å². The fourth-order valence-corrected chi connectivity index (χ4v) is 6.83. The summed E-state index contributed by atoms with van der Waals surface area (Å²) in [6.07, 6.45) is 7.91. The van der Waals surface area contributed by atoms with Crippen LogP contribution in [0.1, 0.15) is 69.3 Å². The molecule has 0 bridgehead atoms. The zero-order chi connectivity index (χ0) is 26.6. The molecule has 4 rings (SSSR count). The fraction of sp³-hybridized carbons (Fsp3) is 0.538. The molecule has 37 heavy (non-hydrogen) atoms. The maximum atomic E-state index is 13.4. The Hall–Kier alpha value is -3.05. The molecule has 2 fully saturated rings. The lowest BCUT2D eigenvalue weighted by Crippen LogP contribution is -2.53. The lowest BCUT2D eigenvalue weighted by atomic mass is 9.81. The topological polar surface area (TPSA) is 139 Å². The van der Waals surface area contributed by atoms with E-state index in [2.05, 4.69) is 22.5 Å². The van der Waals surface area contributed by atoms with Crippen LogP contribution in [-0.2, 0) is 19.6 Å². The van der Waals surface area contributed by atoms with Crippen LogP contribution in [-0.4, -0.2) is 60.0 Å². The Morgan fingerprint density at radius 1 is 1.19 bits per heavy atom. The summed E-state index contributed by atoms with van der Waals surface area (Å²) in [6.45, 7) is 3.48. The molecule has 2 aromatic rings. The molecular weight excluding hydrogens is 496 g/mol. The zero-order valence-electron chi connectivity index (χ0n) is 21.2. The molecular formula is C26H34N4O6S. The van der Waals surface area contributed by atoms with Crippen LogP contribution in [0.25, 0.3) is 0 Å². The van der Waals surface area contributed by atoms with Crippen molar-refractivity contribution in [3.05, 3.63) is 48.6 Å². The third-order valence-electron chi connectivity index (χ3n) is 7.47. The predicted octanol–water partition coefficient (Wildman–Crippen LogP) is 2.67. The molecule has 3 heterocycles. The highest BCUT2D eigenvalue weighted by atomic mass is 32.2. The van der Waals surface area contributed by atoms with Crippen LogP contribution in [0.5, 0.6) is 0 Å². The number of rotatable bonds is 8. The second kappa shape index (κ2) is 11.1. The molecule has 10 nitrogen and oxygen atoms in total. The van der Waals surface area contributed by atoms with E-state index >= 15 is 0 Å². The van der Waals surface area contributed by atoms with Gasteiger partial charge < -0.3 is 15.1 Å². The van der Waals surface area contributed by atoms with Crippen molar-refractivity contribution in [1.82, 2.24) is 19.9 Å². The first-order chi connectivity index (χ1) is 17.6. The quantitative estimate of drug-likeness (QED) is 0.535. The molecule has 2 aromatic heterocycles. The summed E-state index contributed by atoms with van der Waals surface area (Å²) in [5, 5.41) is 5.47. The summed E-state index contributed by atoms with van der Waals surface area (Å²) < 4.78 is 32.7. The summed E-state index contributed by atoms with van der Waals surface area (Å²) >= 11 is 0. The number of nitrogens with zero attached hydrogens (tertiary/aromatic N) is 2. The van der Waals surface area contributed by atoms with E-state index < -0.39 is 45.7 Å². The SMILES string of the molecule is C[C@@H]1CC[C@H](NC(=O)[C@H](CC2(C)CCCC2)NC(=O)c2ccco2)C(=O)CN1S(=O)(=O)c1ccccn1. The van der Waals surface area contributed by atoms with Crippen LogP contribution in [0.3, 0.4) is 0 Å². The fourth-order valence-electron chi connectivity index (χ4n) is 5.27. The average molecular weight is 531 g/mol. The van der Waals surface area contributed by atoms with Gasteiger partial charge in [0.15, 0.2) is 16.6 Å². The van der Waals surface area contributed by atoms with Crippen LogP contribution < -0.4 is 10.6 Å². The van der Waals surface area contributed by atoms with Crippen molar-refractivity contribution in [2.24, 2.45) is 5.41 Å². The molecule has 0 aromatic carbocycles. The van der Waals surface area contributed by atoms with Gasteiger partial charge in [-0.05, 0) is 68.7 Å². The molecule has 0 radical (unpaired) electrons. The Balaban J connectivity index is 1.48. The number of amides is 2. The molecule has 200 valence electrons. The predicted molar refractivity (Wildman–Crippen MR) is 135 cm³/mol. The first kappa shape index (κ1) is 27.0. The van der Waals surface area contributed by atoms with E-state index in [4.69, 9.17) is 4.42 Å². The number of nitrogens with one attached hydrogen (secondary N) is 2. The molecule has 2 N–H and O–H groups in total. The monoisotopic (exact) mass is 530 g/mol. The van der Waals surface area contributed by atoms with Gasteiger partial charge in [0.2, 0.25) is 5.91 Å². The molecule has 11 heteroatoms. The van der Waals surface area contributed by atoms with E-state index in [1.54, 1.807) is 25.1 Å². The van der Waals surface area contributed by atoms with Crippen LogP contribution in [0.15, 0.2) is 52.2 Å². The van der Waals surface area contributed by atoms with Gasteiger partial charge in [-0.25, -0.2) is 13.4 Å². The van der Waals surface area contributed by atoms with Crippen molar-refractivity contribution in [3.8, 4) is 0 Å². The Kier molecular flexibility index (Phi) is 8.13. The zero-order valence-corrected chi connectivity index (χ0v) is 22.0. The van der Waals surface area contributed by atoms with Crippen molar-refractivity contribution >= 4 is 27.6 Å². The van der Waals surface area contributed by atoms with Gasteiger partial charge in [-0.15, -0.1) is 0 Å². The molecule has 0 spiro atoms. The summed E-state index contributed by atoms with van der Waals surface area (Å²) in [4.78, 5) is 43.3. The Morgan fingerprint density at radius 3 is 2.59 bits per heavy atom. The van der Waals surface area contributed by atoms with Crippen molar-refractivity contribution in [1.29, 1.82) is 0 Å². The molecule has 1 saturated carbocycles. The van der Waals surface area contributed by atoms with E-state index in [1.807, 2.05) is 0 Å². The van der Waals surface area contributed by atoms with Gasteiger partial charge in [0.05, 0.1) is 18.8 Å². The smallest absolute Gasteiger partial charge is 0.287 e. The number of hydrogen-bond acceptors (Lipinski definition) is 7. The molecule has 1 saturated heterocycles. The number of pyridine rings is 1. The second-order valence-electron chi connectivity index (χ2n) is 10.4. The molecule has 1 aliphatic carbocycles. The summed E-state index contributed by atoms with van der Waals surface area (Å²) in [6, 6.07) is 5.54. The van der Waals surface area contributed by atoms with Crippen molar-refractivity contribution in [2.75, 3.05) is 6.54 Å². The first-order valence-corrected chi connectivity index (χ1v) is 14.1. The van der Waals surface area contributed by atoms with Gasteiger partial charge in [0.1, 0.15) is 6.04 Å². The summed E-state index contributed by atoms with van der Waals surface area (Å²) in [7, 11) is -3.98. The third kappa shape index (κ3) is 6.27. The largest absolute Gasteiger partial charge is 0.459 e. The highest BCUT2D eigenvalue weighted by Gasteiger charge is 2.40. The van der Waals surface area contributed by atoms with Crippen molar-refractivity contribution < 1.29 is 27.2 Å². The van der Waals surface area contributed by atoms with E-state index in [1.165, 1.54) is 24.6 Å². The number of carbonyl (C=O) groups is 3. The molecule has 1 aliphatic heterocycles. The number of sulfonamides is 1. The summed E-state index contributed by atoms with van der Waals surface area (Å²) in [5.74, 6) is -1.26. The number of ketones is 1. The molecule has 2 amide bonds. The normalized spacial score (nSPS) is 23.2. The van der Waals surface area contributed by atoms with Crippen LogP contribution in [0.2, 0.25) is 0 Å². The van der Waals surface area contributed by atoms with Gasteiger partial charge in [0, 0.05) is 12.2 Å². The van der Waals surface area contributed by atoms with Gasteiger partial charge >= 0.3 is 0 Å². The van der Waals surface area contributed by atoms with E-state index in [9.17, 15) is 22.8 Å². The van der Waals surface area contributed by atoms with Crippen molar-refractivity contribution in [3.63, 3.8) is 0 Å². The van der Waals surface area contributed by atoms with E-state index in [-0.39, 0.29) is 29.2 Å². The number of aromatic nitrogens is 1. The number of furan rings is 1. The first-order valence-electron chi connectivity index (χ1n) is 12.7. The van der Waals surface area contributed by atoms with E-state index in [0.29, 0.717) is 12.8 Å². The average Bonchev–Trinajstić information content (AvgIpc) is 3.54. The lowest BCUT2D eigenvalue weighted by Gasteiger charge is -2.30. The standard InChI is InChI=1S/C26H34N4O6S/c1-18-10-11-19(21(31)17-30(18)37(34,35)23-9-3-6-14-27-23)28-24(32)20(16-26(2)12-4-5-13-26)29-25(33)22-8-7-15-36-22/h3,6-9,14-15,18-20H,4-5,10-13,16-17H2,1-2H3,(H,28,32)(H,29,33)/t18-,19+,20+/m1/s1. The minimum atomic E-state index is -3.98. The summed E-state index contributed by atoms with van der Waals surface area (Å²) in [5.41, 5.74) is -0.103. The van der Waals surface area contributed by atoms with Crippen LogP contribution in [0.4, 0.5) is 0 Å². The van der Waals surface area contributed by atoms with Crippen LogP contribution in [0, 0.1) is 5.41 Å². The Bertz CT molecular complexity index is 1210. The van der Waals surface area contributed by atoms with Gasteiger partial charge in [0.25, 0.3) is 15.9 Å². The third-order valence-corrected chi connectivity index (χ3v) is 9.34. The van der Waals surface area contributed by atoms with E-state index in [0.717, 1.165) is 30.0 Å². The molecule has 0 unspecified atom stereocenters. The minimum Gasteiger partial charge on any atom is -0.459 e. The van der Waals surface area contributed by atoms with Crippen LogP contribution >= 0.6 is 0 Å². The van der Waals surface area contributed by atoms with Gasteiger partial charge in [-0.2, -0.15) is 4.31 Å². The number of hydrogen-bond donors (Lipinski definition) is 2. The second-order valence-corrected chi connectivity index (χ2v) is 12.2. The Morgan fingerprint density at radius 2 is 1.95 bits per heavy atom. The number of carbonyl (C=O) groups excluding carboxylic acids is 3. The molecule has 3 atom stereocenters. The maximum Gasteiger partial charge on any atom is 0.287 e. The Labute approximate surface area is 217 Å². The lowest BCUT2D eigenvalue weighted by molar-refractivity contribution is -0.129. The number of Topliss-reactive ketones (excluding diaryl/α,β-unsaturated/α-hetero) is 1. The van der Waals surface area contributed by atoms with Gasteiger partial charge in [-0.1, -0.05) is 25.8 Å². The highest BCUT2D eigenvalue weighted by molar-refractivity contribution is 7.89. The molecule has 2 aliphatic rings. The maximum absolute atomic E-state index is 13.4.